The number of aliphatic hydroxyl groups is 1. The van der Waals surface area contributed by atoms with Crippen molar-refractivity contribution in [2.75, 3.05) is 20.3 Å². The zero-order valence-electron chi connectivity index (χ0n) is 12.9. The molecule has 1 saturated heterocycles. The van der Waals surface area contributed by atoms with Crippen LogP contribution in [0, 0.1) is 6.92 Å². The van der Waals surface area contributed by atoms with Crippen LogP contribution in [0.4, 0.5) is 0 Å². The highest BCUT2D eigenvalue weighted by Gasteiger charge is 2.45. The largest absolute Gasteiger partial charge is 0.391 e. The Bertz CT molecular complexity index is 485. The fraction of sp³-hybridized carbons (Fsp3) is 0.647. The number of likely N-dealkylation sites (N-methyl/N-ethyl adjacent to an activating group) is 1. The number of nitrogens with zero attached hydrogens (tertiary/aromatic N) is 1. The van der Waals surface area contributed by atoms with Crippen molar-refractivity contribution in [3.8, 4) is 0 Å². The van der Waals surface area contributed by atoms with E-state index in [9.17, 15) is 5.11 Å². The maximum Gasteiger partial charge on any atom is 0.170 e. The minimum atomic E-state index is -0.454. The molecule has 1 aliphatic carbocycles. The summed E-state index contributed by atoms with van der Waals surface area (Å²) in [5.74, 6) is -0.454. The molecule has 0 radical (unpaired) electrons. The molecular weight excluding hydrogens is 266 g/mol. The summed E-state index contributed by atoms with van der Waals surface area (Å²) in [7, 11) is 2.07. The first-order valence-corrected chi connectivity index (χ1v) is 7.80. The van der Waals surface area contributed by atoms with E-state index < -0.39 is 5.79 Å². The van der Waals surface area contributed by atoms with Crippen molar-refractivity contribution >= 4 is 0 Å². The molecule has 1 spiro atoms. The van der Waals surface area contributed by atoms with Gasteiger partial charge in [0, 0.05) is 25.4 Å². The lowest BCUT2D eigenvalue weighted by atomic mass is 9.86. The first kappa shape index (κ1) is 15.0. The molecule has 2 aliphatic rings. The Morgan fingerprint density at radius 1 is 1.33 bits per heavy atom. The van der Waals surface area contributed by atoms with Crippen LogP contribution in [0.15, 0.2) is 24.3 Å². The van der Waals surface area contributed by atoms with E-state index in [2.05, 4.69) is 43.1 Å². The summed E-state index contributed by atoms with van der Waals surface area (Å²) in [6.45, 7) is 4.28. The Labute approximate surface area is 126 Å². The monoisotopic (exact) mass is 291 g/mol. The number of ether oxygens (including phenoxy) is 2. The number of benzene rings is 1. The lowest BCUT2D eigenvalue weighted by molar-refractivity contribution is -0.204. The molecule has 116 valence electrons. The summed E-state index contributed by atoms with van der Waals surface area (Å²) in [6.07, 6.45) is 1.97. The zero-order valence-corrected chi connectivity index (χ0v) is 12.9. The third-order valence-electron chi connectivity index (χ3n) is 4.68. The maximum atomic E-state index is 10.4. The summed E-state index contributed by atoms with van der Waals surface area (Å²) < 4.78 is 11.6. The molecule has 1 aliphatic heterocycles. The van der Waals surface area contributed by atoms with Crippen LogP contribution in [0.5, 0.6) is 0 Å². The molecule has 1 aromatic rings. The third kappa shape index (κ3) is 3.29. The van der Waals surface area contributed by atoms with Gasteiger partial charge >= 0.3 is 0 Å². The van der Waals surface area contributed by atoms with Gasteiger partial charge < -0.3 is 14.6 Å². The number of hydrogen-bond acceptors (Lipinski definition) is 4. The van der Waals surface area contributed by atoms with Gasteiger partial charge in [0.15, 0.2) is 5.79 Å². The van der Waals surface area contributed by atoms with E-state index in [4.69, 9.17) is 9.47 Å². The molecule has 1 saturated carbocycles. The van der Waals surface area contributed by atoms with Gasteiger partial charge in [-0.05, 0) is 26.0 Å². The van der Waals surface area contributed by atoms with Crippen LogP contribution in [-0.4, -0.2) is 48.2 Å². The molecule has 3 rings (SSSR count). The minimum absolute atomic E-state index is 0.0809. The average Bonchev–Trinajstić information content (AvgIpc) is 2.90. The molecule has 0 amide bonds. The predicted molar refractivity (Wildman–Crippen MR) is 80.9 cm³/mol. The van der Waals surface area contributed by atoms with Crippen LogP contribution in [0.3, 0.4) is 0 Å². The van der Waals surface area contributed by atoms with Crippen molar-refractivity contribution in [3.05, 3.63) is 35.4 Å². The van der Waals surface area contributed by atoms with Gasteiger partial charge in [0.1, 0.15) is 0 Å². The predicted octanol–water partition coefficient (Wildman–Crippen LogP) is 2.08. The molecular formula is C17H25NO3. The van der Waals surface area contributed by atoms with E-state index in [0.717, 1.165) is 25.8 Å². The summed E-state index contributed by atoms with van der Waals surface area (Å²) in [5, 5.41) is 10.4. The molecule has 0 bridgehead atoms. The lowest BCUT2D eigenvalue weighted by Gasteiger charge is -2.42. The lowest BCUT2D eigenvalue weighted by Crippen LogP contribution is -2.52. The Balaban J connectivity index is 1.68. The number of aryl methyl sites for hydroxylation is 1. The van der Waals surface area contributed by atoms with E-state index in [0.29, 0.717) is 13.2 Å². The molecule has 1 N–H and O–H groups in total. The van der Waals surface area contributed by atoms with Gasteiger partial charge in [-0.25, -0.2) is 0 Å². The second-order valence-corrected chi connectivity index (χ2v) is 6.39. The van der Waals surface area contributed by atoms with Gasteiger partial charge in [-0.15, -0.1) is 0 Å². The average molecular weight is 291 g/mol. The molecule has 2 atom stereocenters. The van der Waals surface area contributed by atoms with Gasteiger partial charge in [0.2, 0.25) is 0 Å². The summed E-state index contributed by atoms with van der Waals surface area (Å²) in [5.41, 5.74) is 2.54. The third-order valence-corrected chi connectivity index (χ3v) is 4.68. The topological polar surface area (TPSA) is 41.9 Å². The smallest absolute Gasteiger partial charge is 0.170 e. The van der Waals surface area contributed by atoms with Crippen molar-refractivity contribution in [2.45, 2.75) is 50.7 Å². The Morgan fingerprint density at radius 3 is 2.81 bits per heavy atom. The van der Waals surface area contributed by atoms with Crippen LogP contribution in [0.1, 0.15) is 30.4 Å². The molecule has 0 aromatic heterocycles. The van der Waals surface area contributed by atoms with Crippen LogP contribution in [-0.2, 0) is 16.0 Å². The Hall–Kier alpha value is -0.940. The Kier molecular flexibility index (Phi) is 4.31. The molecule has 1 aromatic carbocycles. The van der Waals surface area contributed by atoms with Crippen molar-refractivity contribution in [1.82, 2.24) is 4.90 Å². The van der Waals surface area contributed by atoms with Gasteiger partial charge in [-0.2, -0.15) is 0 Å². The second-order valence-electron chi connectivity index (χ2n) is 6.39. The molecule has 2 unspecified atom stereocenters. The van der Waals surface area contributed by atoms with E-state index in [-0.39, 0.29) is 12.1 Å². The molecule has 4 nitrogen and oxygen atoms in total. The van der Waals surface area contributed by atoms with Crippen molar-refractivity contribution in [2.24, 2.45) is 0 Å². The second kappa shape index (κ2) is 6.05. The maximum absolute atomic E-state index is 10.4. The van der Waals surface area contributed by atoms with Gasteiger partial charge in [0.05, 0.1) is 19.3 Å². The van der Waals surface area contributed by atoms with Gasteiger partial charge in [-0.1, -0.05) is 29.8 Å². The van der Waals surface area contributed by atoms with Crippen molar-refractivity contribution in [1.29, 1.82) is 0 Å². The van der Waals surface area contributed by atoms with Crippen LogP contribution in [0.25, 0.3) is 0 Å². The van der Waals surface area contributed by atoms with Crippen LogP contribution >= 0.6 is 0 Å². The highest BCUT2D eigenvalue weighted by Crippen LogP contribution is 2.37. The molecule has 21 heavy (non-hydrogen) atoms. The number of aliphatic hydroxyl groups excluding tert-OH is 1. The molecule has 2 fully saturated rings. The summed E-state index contributed by atoms with van der Waals surface area (Å²) in [4.78, 5) is 2.23. The van der Waals surface area contributed by atoms with Crippen LogP contribution in [0.2, 0.25) is 0 Å². The fourth-order valence-corrected chi connectivity index (χ4v) is 3.54. The normalized spacial score (nSPS) is 28.4. The van der Waals surface area contributed by atoms with Crippen LogP contribution < -0.4 is 0 Å². The first-order chi connectivity index (χ1) is 10.1. The van der Waals surface area contributed by atoms with E-state index in [1.807, 2.05) is 0 Å². The molecule has 4 heteroatoms. The minimum Gasteiger partial charge on any atom is -0.391 e. The quantitative estimate of drug-likeness (QED) is 0.926. The standard InChI is InChI=1S/C17H25NO3/c1-13-4-3-5-14(10-13)12-18(2)15-11-17(7-6-16(15)19)20-8-9-21-17/h3-5,10,15-16,19H,6-9,11-12H2,1-2H3. The number of rotatable bonds is 3. The zero-order chi connectivity index (χ0) is 14.9. The fourth-order valence-electron chi connectivity index (χ4n) is 3.54. The Morgan fingerprint density at radius 2 is 2.10 bits per heavy atom. The summed E-state index contributed by atoms with van der Waals surface area (Å²) in [6, 6.07) is 8.60. The van der Waals surface area contributed by atoms with Crippen molar-refractivity contribution in [3.63, 3.8) is 0 Å². The van der Waals surface area contributed by atoms with Gasteiger partial charge in [-0.3, -0.25) is 4.90 Å². The van der Waals surface area contributed by atoms with Gasteiger partial charge in [0.25, 0.3) is 0 Å². The van der Waals surface area contributed by atoms with E-state index in [1.54, 1.807) is 0 Å². The highest BCUT2D eigenvalue weighted by atomic mass is 16.7. The highest BCUT2D eigenvalue weighted by molar-refractivity contribution is 5.22. The molecule has 1 heterocycles. The summed E-state index contributed by atoms with van der Waals surface area (Å²) >= 11 is 0. The first-order valence-electron chi connectivity index (χ1n) is 7.80. The number of hydrogen-bond donors (Lipinski definition) is 1. The van der Waals surface area contributed by atoms with E-state index in [1.165, 1.54) is 11.1 Å². The SMILES string of the molecule is Cc1cccc(CN(C)C2CC3(CCC2O)OCCO3)c1. The van der Waals surface area contributed by atoms with Crippen molar-refractivity contribution < 1.29 is 14.6 Å². The van der Waals surface area contributed by atoms with E-state index >= 15 is 0 Å².